The lowest BCUT2D eigenvalue weighted by atomic mass is 10.4. The van der Waals surface area contributed by atoms with Crippen molar-refractivity contribution in [1.82, 2.24) is 9.97 Å². The van der Waals surface area contributed by atoms with Gasteiger partial charge in [-0.25, -0.2) is 14.8 Å². The van der Waals surface area contributed by atoms with Crippen LogP contribution in [-0.2, 0) is 4.74 Å². The van der Waals surface area contributed by atoms with Gasteiger partial charge >= 0.3 is 5.97 Å². The molecule has 4 nitrogen and oxygen atoms in total. The van der Waals surface area contributed by atoms with Gasteiger partial charge in [-0.05, 0) is 26.0 Å². The Morgan fingerprint density at radius 1 is 1.24 bits per heavy atom. The summed E-state index contributed by atoms with van der Waals surface area (Å²) >= 11 is 4.63. The van der Waals surface area contributed by atoms with Crippen LogP contribution in [0.2, 0.25) is 0 Å². The topological polar surface area (TPSA) is 52.1 Å². The van der Waals surface area contributed by atoms with Gasteiger partial charge in [0.05, 0.1) is 22.1 Å². The minimum absolute atomic E-state index is 0.296. The minimum Gasteiger partial charge on any atom is -0.462 e. The largest absolute Gasteiger partial charge is 0.462 e. The number of esters is 1. The Morgan fingerprint density at radius 2 is 2.00 bits per heavy atom. The maximum Gasteiger partial charge on any atom is 0.350 e. The zero-order chi connectivity index (χ0) is 14.8. The maximum absolute atomic E-state index is 11.8. The molecule has 0 aliphatic heterocycles. The average molecular weight is 336 g/mol. The highest BCUT2D eigenvalue weighted by molar-refractivity contribution is 7.26. The van der Waals surface area contributed by atoms with Gasteiger partial charge in [-0.2, -0.15) is 0 Å². The predicted molar refractivity (Wildman–Crippen MR) is 87.2 cm³/mol. The second-order valence-corrected chi connectivity index (χ2v) is 7.13. The first-order chi connectivity index (χ1) is 10.2. The number of thiophene rings is 1. The molecule has 108 valence electrons. The molecule has 3 aromatic rings. The molecule has 0 aliphatic carbocycles. The van der Waals surface area contributed by atoms with E-state index in [1.165, 1.54) is 11.3 Å². The second kappa shape index (κ2) is 6.05. The van der Waals surface area contributed by atoms with E-state index >= 15 is 0 Å². The van der Waals surface area contributed by atoms with Crippen molar-refractivity contribution in [3.63, 3.8) is 0 Å². The van der Waals surface area contributed by atoms with Crippen LogP contribution in [0.15, 0.2) is 23.7 Å². The van der Waals surface area contributed by atoms with Crippen molar-refractivity contribution >= 4 is 40.0 Å². The van der Waals surface area contributed by atoms with E-state index in [4.69, 9.17) is 4.74 Å². The van der Waals surface area contributed by atoms with Crippen LogP contribution in [0.1, 0.15) is 22.3 Å². The highest BCUT2D eigenvalue weighted by atomic mass is 32.1. The van der Waals surface area contributed by atoms with Crippen molar-refractivity contribution in [2.24, 2.45) is 0 Å². The highest BCUT2D eigenvalue weighted by Crippen LogP contribution is 2.37. The quantitative estimate of drug-likeness (QED) is 0.659. The van der Waals surface area contributed by atoms with Crippen LogP contribution in [0, 0.1) is 6.92 Å². The van der Waals surface area contributed by atoms with Crippen molar-refractivity contribution in [2.75, 3.05) is 6.61 Å². The van der Waals surface area contributed by atoms with Crippen molar-refractivity contribution in [3.05, 3.63) is 34.3 Å². The smallest absolute Gasteiger partial charge is 0.350 e. The van der Waals surface area contributed by atoms with Gasteiger partial charge in [0, 0.05) is 11.6 Å². The zero-order valence-electron chi connectivity index (χ0n) is 11.5. The van der Waals surface area contributed by atoms with Gasteiger partial charge in [-0.15, -0.1) is 34.0 Å². The summed E-state index contributed by atoms with van der Waals surface area (Å²) in [7, 11) is 0. The van der Waals surface area contributed by atoms with E-state index in [9.17, 15) is 4.79 Å². The molecule has 7 heteroatoms. The van der Waals surface area contributed by atoms with Gasteiger partial charge in [0.15, 0.2) is 0 Å². The normalized spacial score (nSPS) is 10.8. The number of aromatic nitrogens is 2. The number of carbonyl (C=O) groups excluding carboxylic acids is 1. The summed E-state index contributed by atoms with van der Waals surface area (Å²) < 4.78 is 5.05. The Hall–Kier alpha value is -1.57. The summed E-state index contributed by atoms with van der Waals surface area (Å²) in [6.45, 7) is 4.01. The minimum atomic E-state index is -0.296. The molecule has 0 radical (unpaired) electrons. The summed E-state index contributed by atoms with van der Waals surface area (Å²) in [5, 5.41) is 3.81. The van der Waals surface area contributed by atoms with E-state index in [1.807, 2.05) is 24.4 Å². The molecule has 0 aliphatic rings. The third-order valence-corrected chi connectivity index (χ3v) is 6.05. The Kier molecular flexibility index (Phi) is 4.14. The molecule has 0 N–H and O–H groups in total. The van der Waals surface area contributed by atoms with E-state index in [0.717, 1.165) is 25.5 Å². The maximum atomic E-state index is 11.8. The number of aryl methyl sites for hydroxylation is 1. The van der Waals surface area contributed by atoms with E-state index in [2.05, 4.69) is 9.97 Å². The van der Waals surface area contributed by atoms with Crippen molar-refractivity contribution < 1.29 is 9.53 Å². The number of nitrogens with zero attached hydrogens (tertiary/aromatic N) is 2. The second-order valence-electron chi connectivity index (χ2n) is 4.16. The zero-order valence-corrected chi connectivity index (χ0v) is 13.9. The first-order valence-corrected chi connectivity index (χ1v) is 8.85. The van der Waals surface area contributed by atoms with Crippen LogP contribution < -0.4 is 0 Å². The van der Waals surface area contributed by atoms with Gasteiger partial charge in [0.2, 0.25) is 0 Å². The van der Waals surface area contributed by atoms with Crippen molar-refractivity contribution in [1.29, 1.82) is 0 Å². The number of ether oxygens (including phenoxy) is 1. The monoisotopic (exact) mass is 336 g/mol. The third-order valence-electron chi connectivity index (χ3n) is 2.72. The fourth-order valence-corrected chi connectivity index (χ4v) is 4.54. The molecular weight excluding hydrogens is 324 g/mol. The Bertz CT molecular complexity index is 759. The summed E-state index contributed by atoms with van der Waals surface area (Å²) in [5.41, 5.74) is 0.720. The number of rotatable bonds is 4. The molecule has 0 fully saturated rings. The van der Waals surface area contributed by atoms with Gasteiger partial charge in [-0.1, -0.05) is 0 Å². The molecule has 0 unspecified atom stereocenters. The van der Waals surface area contributed by atoms with Gasteiger partial charge in [0.1, 0.15) is 14.9 Å². The number of carbonyl (C=O) groups is 1. The summed E-state index contributed by atoms with van der Waals surface area (Å²) in [6.07, 6.45) is 1.80. The fourth-order valence-electron chi connectivity index (χ4n) is 1.80. The lowest BCUT2D eigenvalue weighted by Gasteiger charge is -1.97. The van der Waals surface area contributed by atoms with Gasteiger partial charge in [-0.3, -0.25) is 0 Å². The molecule has 21 heavy (non-hydrogen) atoms. The SMILES string of the molecule is CCOC(=O)c1sc(-c2ccc(-c3nccs3)s2)nc1C. The summed E-state index contributed by atoms with van der Waals surface area (Å²) in [6, 6.07) is 4.06. The lowest BCUT2D eigenvalue weighted by molar-refractivity contribution is 0.0531. The molecule has 0 atom stereocenters. The predicted octanol–water partition coefficient (Wildman–Crippen LogP) is 4.48. The van der Waals surface area contributed by atoms with Crippen LogP contribution in [0.5, 0.6) is 0 Å². The van der Waals surface area contributed by atoms with E-state index < -0.39 is 0 Å². The van der Waals surface area contributed by atoms with Crippen LogP contribution in [0.25, 0.3) is 19.8 Å². The molecule has 3 heterocycles. The Morgan fingerprint density at radius 3 is 2.67 bits per heavy atom. The number of hydrogen-bond donors (Lipinski definition) is 0. The van der Waals surface area contributed by atoms with E-state index in [-0.39, 0.29) is 5.97 Å². The van der Waals surface area contributed by atoms with Crippen LogP contribution in [0.3, 0.4) is 0 Å². The highest BCUT2D eigenvalue weighted by Gasteiger charge is 2.18. The van der Waals surface area contributed by atoms with E-state index in [1.54, 1.807) is 35.8 Å². The summed E-state index contributed by atoms with van der Waals surface area (Å²) in [5.74, 6) is -0.296. The Balaban J connectivity index is 1.91. The van der Waals surface area contributed by atoms with Crippen LogP contribution in [0.4, 0.5) is 0 Å². The fraction of sp³-hybridized carbons (Fsp3) is 0.214. The molecule has 0 amide bonds. The third kappa shape index (κ3) is 2.90. The lowest BCUT2D eigenvalue weighted by Crippen LogP contribution is -2.03. The van der Waals surface area contributed by atoms with Crippen LogP contribution in [-0.4, -0.2) is 22.5 Å². The van der Waals surface area contributed by atoms with E-state index in [0.29, 0.717) is 11.5 Å². The molecule has 0 spiro atoms. The van der Waals surface area contributed by atoms with Gasteiger partial charge in [0.25, 0.3) is 0 Å². The molecular formula is C14H12N2O2S3. The first kappa shape index (κ1) is 14.4. The first-order valence-electron chi connectivity index (χ1n) is 6.33. The average Bonchev–Trinajstić information content (AvgIpc) is 3.18. The Labute approximate surface area is 134 Å². The molecule has 0 aromatic carbocycles. The standard InChI is InChI=1S/C14H12N2O2S3/c1-3-18-14(17)11-8(2)16-13(21-11)10-5-4-9(20-10)12-15-6-7-19-12/h4-7H,3H2,1-2H3. The molecule has 0 bridgehead atoms. The van der Waals surface area contributed by atoms with Crippen molar-refractivity contribution in [2.45, 2.75) is 13.8 Å². The molecule has 3 aromatic heterocycles. The molecule has 0 saturated carbocycles. The molecule has 0 saturated heterocycles. The van der Waals surface area contributed by atoms with Crippen molar-refractivity contribution in [3.8, 4) is 19.8 Å². The molecule has 3 rings (SSSR count). The van der Waals surface area contributed by atoms with Crippen LogP contribution >= 0.6 is 34.0 Å². The van der Waals surface area contributed by atoms with Gasteiger partial charge < -0.3 is 4.74 Å². The number of thiazole rings is 2. The number of hydrogen-bond acceptors (Lipinski definition) is 7. The summed E-state index contributed by atoms with van der Waals surface area (Å²) in [4.78, 5) is 23.4.